The molecule has 2 atom stereocenters. The number of hydrogen-bond acceptors (Lipinski definition) is 5. The van der Waals surface area contributed by atoms with E-state index in [0.29, 0.717) is 30.8 Å². The van der Waals surface area contributed by atoms with E-state index in [2.05, 4.69) is 15.6 Å². The van der Waals surface area contributed by atoms with Gasteiger partial charge in [-0.3, -0.25) is 19.2 Å². The zero-order chi connectivity index (χ0) is 24.8. The molecule has 2 aromatic rings. The van der Waals surface area contributed by atoms with E-state index in [1.165, 1.54) is 4.90 Å². The SMILES string of the molecule is COc1cccc2[nH]c(C(=O)N[C@@H](CC(C)C)C(=O)CN(C[C@@H]3CCNC3=O)C(=O)CCl)cc12. The van der Waals surface area contributed by atoms with Gasteiger partial charge in [0.15, 0.2) is 5.78 Å². The number of nitrogens with one attached hydrogen (secondary N) is 3. The molecule has 3 rings (SSSR count). The summed E-state index contributed by atoms with van der Waals surface area (Å²) in [7, 11) is 1.56. The third-order valence-corrected chi connectivity index (χ3v) is 6.14. The Morgan fingerprint density at radius 1 is 1.29 bits per heavy atom. The number of carbonyl (C=O) groups is 4. The van der Waals surface area contributed by atoms with Crippen molar-refractivity contribution in [3.63, 3.8) is 0 Å². The standard InChI is InChI=1S/C24H31ClN4O5/c1-14(2)9-18(20(30)13-29(22(31)11-25)12-15-7-8-26-23(15)32)28-24(33)19-10-16-17(27-19)5-4-6-21(16)34-3/h4-6,10,14-15,18,27H,7-9,11-13H2,1-3H3,(H,26,32)(H,28,33)/t15-,18-/m0/s1. The van der Waals surface area contributed by atoms with Crippen molar-refractivity contribution in [2.75, 3.05) is 32.6 Å². The van der Waals surface area contributed by atoms with E-state index in [1.54, 1.807) is 19.2 Å². The zero-order valence-electron chi connectivity index (χ0n) is 19.7. The Labute approximate surface area is 203 Å². The summed E-state index contributed by atoms with van der Waals surface area (Å²) in [4.78, 5) is 55.0. The van der Waals surface area contributed by atoms with E-state index >= 15 is 0 Å². The summed E-state index contributed by atoms with van der Waals surface area (Å²) in [6, 6.07) is 6.33. The Balaban J connectivity index is 1.75. The van der Waals surface area contributed by atoms with Crippen LogP contribution in [-0.2, 0) is 14.4 Å². The van der Waals surface area contributed by atoms with Crippen LogP contribution in [-0.4, -0.2) is 72.1 Å². The molecule has 1 aromatic heterocycles. The first-order valence-corrected chi connectivity index (χ1v) is 11.9. The highest BCUT2D eigenvalue weighted by Gasteiger charge is 2.31. The van der Waals surface area contributed by atoms with Crippen LogP contribution in [0, 0.1) is 11.8 Å². The molecule has 184 valence electrons. The lowest BCUT2D eigenvalue weighted by molar-refractivity contribution is -0.135. The van der Waals surface area contributed by atoms with Gasteiger partial charge in [0.25, 0.3) is 5.91 Å². The van der Waals surface area contributed by atoms with Crippen molar-refractivity contribution in [1.29, 1.82) is 0 Å². The number of ketones is 1. The topological polar surface area (TPSA) is 121 Å². The average molecular weight is 491 g/mol. The van der Waals surface area contributed by atoms with E-state index in [-0.39, 0.29) is 42.5 Å². The molecule has 34 heavy (non-hydrogen) atoms. The molecular weight excluding hydrogens is 460 g/mol. The predicted molar refractivity (Wildman–Crippen MR) is 129 cm³/mol. The fourth-order valence-electron chi connectivity index (χ4n) is 4.13. The second-order valence-electron chi connectivity index (χ2n) is 8.91. The Hall–Kier alpha value is -3.07. The van der Waals surface area contributed by atoms with Crippen molar-refractivity contribution in [2.45, 2.75) is 32.7 Å². The number of hydrogen-bond donors (Lipinski definition) is 3. The van der Waals surface area contributed by atoms with Crippen LogP contribution in [0.4, 0.5) is 0 Å². The highest BCUT2D eigenvalue weighted by atomic mass is 35.5. The second kappa shape index (κ2) is 11.4. The van der Waals surface area contributed by atoms with Crippen molar-refractivity contribution in [3.05, 3.63) is 30.0 Å². The van der Waals surface area contributed by atoms with Crippen molar-refractivity contribution in [3.8, 4) is 5.75 Å². The lowest BCUT2D eigenvalue weighted by Gasteiger charge is -2.26. The number of nitrogens with zero attached hydrogens (tertiary/aromatic N) is 1. The summed E-state index contributed by atoms with van der Waals surface area (Å²) in [6.07, 6.45) is 0.996. The maximum atomic E-state index is 13.2. The number of aromatic nitrogens is 1. The van der Waals surface area contributed by atoms with E-state index in [0.717, 1.165) is 10.9 Å². The lowest BCUT2D eigenvalue weighted by Crippen LogP contribution is -2.49. The minimum absolute atomic E-state index is 0.118. The Morgan fingerprint density at radius 2 is 2.06 bits per heavy atom. The van der Waals surface area contributed by atoms with Crippen LogP contribution in [0.1, 0.15) is 37.2 Å². The molecule has 0 bridgehead atoms. The Kier molecular flexibility index (Phi) is 8.55. The summed E-state index contributed by atoms with van der Waals surface area (Å²) < 4.78 is 5.35. The molecule has 0 unspecified atom stereocenters. The van der Waals surface area contributed by atoms with E-state index in [1.807, 2.05) is 26.0 Å². The van der Waals surface area contributed by atoms with Crippen LogP contribution in [0.5, 0.6) is 5.75 Å². The van der Waals surface area contributed by atoms with Gasteiger partial charge in [0.1, 0.15) is 17.3 Å². The molecule has 0 aliphatic carbocycles. The molecule has 10 heteroatoms. The molecule has 3 amide bonds. The van der Waals surface area contributed by atoms with E-state index in [9.17, 15) is 19.2 Å². The fourth-order valence-corrected chi connectivity index (χ4v) is 4.30. The predicted octanol–water partition coefficient (Wildman–Crippen LogP) is 2.09. The molecule has 9 nitrogen and oxygen atoms in total. The van der Waals surface area contributed by atoms with Crippen molar-refractivity contribution >= 4 is 46.0 Å². The van der Waals surface area contributed by atoms with Gasteiger partial charge in [-0.25, -0.2) is 0 Å². The van der Waals surface area contributed by atoms with E-state index in [4.69, 9.17) is 16.3 Å². The molecule has 1 aliphatic rings. The van der Waals surface area contributed by atoms with Gasteiger partial charge in [-0.2, -0.15) is 0 Å². The smallest absolute Gasteiger partial charge is 0.268 e. The van der Waals surface area contributed by atoms with Gasteiger partial charge >= 0.3 is 0 Å². The van der Waals surface area contributed by atoms with Gasteiger partial charge in [0.2, 0.25) is 11.8 Å². The van der Waals surface area contributed by atoms with Crippen LogP contribution in [0.15, 0.2) is 24.3 Å². The summed E-state index contributed by atoms with van der Waals surface area (Å²) in [6.45, 7) is 4.33. The van der Waals surface area contributed by atoms with Gasteiger partial charge in [-0.1, -0.05) is 19.9 Å². The number of carbonyl (C=O) groups excluding carboxylic acids is 4. The quantitative estimate of drug-likeness (QED) is 0.416. The summed E-state index contributed by atoms with van der Waals surface area (Å²) in [5.41, 5.74) is 1.04. The number of Topliss-reactive ketones (excluding diaryl/α,β-unsaturated/α-hetero) is 1. The van der Waals surface area contributed by atoms with Crippen LogP contribution in [0.2, 0.25) is 0 Å². The first kappa shape index (κ1) is 25.6. The van der Waals surface area contributed by atoms with Gasteiger partial charge in [-0.05, 0) is 37.0 Å². The molecule has 0 saturated carbocycles. The number of halogens is 1. The van der Waals surface area contributed by atoms with Gasteiger partial charge in [0, 0.05) is 24.0 Å². The molecule has 2 heterocycles. The number of amides is 3. The number of aromatic amines is 1. The highest BCUT2D eigenvalue weighted by molar-refractivity contribution is 6.27. The minimum Gasteiger partial charge on any atom is -0.496 e. The molecule has 0 spiro atoms. The molecule has 1 fully saturated rings. The molecule has 3 N–H and O–H groups in total. The maximum absolute atomic E-state index is 13.2. The summed E-state index contributed by atoms with van der Waals surface area (Å²) in [5, 5.41) is 6.31. The molecule has 1 aromatic carbocycles. The third kappa shape index (κ3) is 6.08. The number of alkyl halides is 1. The normalized spacial score (nSPS) is 16.4. The van der Waals surface area contributed by atoms with Gasteiger partial charge < -0.3 is 25.3 Å². The first-order valence-electron chi connectivity index (χ1n) is 11.3. The van der Waals surface area contributed by atoms with Crippen LogP contribution >= 0.6 is 11.6 Å². The fraction of sp³-hybridized carbons (Fsp3) is 0.500. The number of H-pyrrole nitrogens is 1. The minimum atomic E-state index is -0.802. The molecular formula is C24H31ClN4O5. The monoisotopic (exact) mass is 490 g/mol. The second-order valence-corrected chi connectivity index (χ2v) is 9.18. The zero-order valence-corrected chi connectivity index (χ0v) is 20.4. The lowest BCUT2D eigenvalue weighted by atomic mass is 9.99. The molecule has 1 saturated heterocycles. The van der Waals surface area contributed by atoms with Crippen molar-refractivity contribution in [2.24, 2.45) is 11.8 Å². The number of ether oxygens (including phenoxy) is 1. The van der Waals surface area contributed by atoms with Crippen LogP contribution in [0.3, 0.4) is 0 Å². The largest absolute Gasteiger partial charge is 0.496 e. The van der Waals surface area contributed by atoms with E-state index < -0.39 is 17.9 Å². The average Bonchev–Trinajstić information content (AvgIpc) is 3.43. The van der Waals surface area contributed by atoms with Gasteiger partial charge in [0.05, 0.1) is 25.6 Å². The third-order valence-electron chi connectivity index (χ3n) is 5.91. The molecule has 0 radical (unpaired) electrons. The maximum Gasteiger partial charge on any atom is 0.268 e. The Bertz CT molecular complexity index is 1070. The first-order chi connectivity index (χ1) is 16.2. The highest BCUT2D eigenvalue weighted by Crippen LogP contribution is 2.26. The Morgan fingerprint density at radius 3 is 2.68 bits per heavy atom. The molecule has 1 aliphatic heterocycles. The van der Waals surface area contributed by atoms with Crippen molar-refractivity contribution < 1.29 is 23.9 Å². The number of rotatable bonds is 11. The summed E-state index contributed by atoms with van der Waals surface area (Å²) >= 11 is 5.76. The van der Waals surface area contributed by atoms with Crippen molar-refractivity contribution in [1.82, 2.24) is 20.5 Å². The van der Waals surface area contributed by atoms with Gasteiger partial charge in [-0.15, -0.1) is 11.6 Å². The number of benzene rings is 1. The summed E-state index contributed by atoms with van der Waals surface area (Å²) in [5.74, 6) is -1.22. The van der Waals surface area contributed by atoms with Crippen LogP contribution in [0.25, 0.3) is 10.9 Å². The number of fused-ring (bicyclic) bond motifs is 1. The number of methoxy groups -OCH3 is 1. The van der Waals surface area contributed by atoms with Crippen LogP contribution < -0.4 is 15.4 Å².